The molecule has 0 bridgehead atoms. The van der Waals surface area contributed by atoms with Crippen molar-refractivity contribution in [3.05, 3.63) is 40.1 Å². The van der Waals surface area contributed by atoms with Crippen LogP contribution in [-0.4, -0.2) is 0 Å². The van der Waals surface area contributed by atoms with Crippen LogP contribution in [0.1, 0.15) is 5.56 Å². The number of allylic oxidation sites excluding steroid dienone is 1. The van der Waals surface area contributed by atoms with E-state index in [1.807, 2.05) is 6.07 Å². The van der Waals surface area contributed by atoms with Crippen molar-refractivity contribution in [1.82, 2.24) is 0 Å². The van der Waals surface area contributed by atoms with Crippen molar-refractivity contribution in [1.29, 1.82) is 5.26 Å². The monoisotopic (exact) mass is 225 g/mol. The lowest BCUT2D eigenvalue weighted by molar-refractivity contribution is 0.627. The minimum Gasteiger partial charge on any atom is -0.207 e. The third-order valence-corrected chi connectivity index (χ3v) is 1.99. The molecule has 0 aliphatic heterocycles. The van der Waals surface area contributed by atoms with E-state index in [9.17, 15) is 4.39 Å². The summed E-state index contributed by atoms with van der Waals surface area (Å²) in [5.74, 6) is -0.295. The van der Waals surface area contributed by atoms with Gasteiger partial charge in [0.2, 0.25) is 0 Å². The predicted molar refractivity (Wildman–Crippen MR) is 48.7 cm³/mol. The fourth-order valence-electron chi connectivity index (χ4n) is 0.764. The van der Waals surface area contributed by atoms with Crippen molar-refractivity contribution < 1.29 is 4.39 Å². The summed E-state index contributed by atoms with van der Waals surface area (Å²) >= 11 is 3.18. The Kier molecular flexibility index (Phi) is 3.01. The summed E-state index contributed by atoms with van der Waals surface area (Å²) in [7, 11) is 0. The summed E-state index contributed by atoms with van der Waals surface area (Å²) in [6, 6.07) is 6.17. The van der Waals surface area contributed by atoms with Crippen molar-refractivity contribution in [3.8, 4) is 6.07 Å². The van der Waals surface area contributed by atoms with Gasteiger partial charge in [0.25, 0.3) is 0 Å². The first-order chi connectivity index (χ1) is 5.74. The Bertz CT molecular complexity index is 352. The van der Waals surface area contributed by atoms with Crippen LogP contribution in [0.15, 0.2) is 28.7 Å². The van der Waals surface area contributed by atoms with E-state index < -0.39 is 0 Å². The van der Waals surface area contributed by atoms with Gasteiger partial charge in [-0.15, -0.1) is 0 Å². The number of hydrogen-bond acceptors (Lipinski definition) is 1. The van der Waals surface area contributed by atoms with Crippen molar-refractivity contribution >= 4 is 22.0 Å². The van der Waals surface area contributed by atoms with Gasteiger partial charge in [-0.3, -0.25) is 0 Å². The molecule has 1 rings (SSSR count). The van der Waals surface area contributed by atoms with Crippen LogP contribution in [0.4, 0.5) is 4.39 Å². The molecule has 60 valence electrons. The van der Waals surface area contributed by atoms with Gasteiger partial charge in [0, 0.05) is 10.5 Å². The zero-order valence-corrected chi connectivity index (χ0v) is 7.68. The van der Waals surface area contributed by atoms with Crippen molar-refractivity contribution in [3.63, 3.8) is 0 Å². The van der Waals surface area contributed by atoms with Crippen LogP contribution < -0.4 is 0 Å². The van der Waals surface area contributed by atoms with Gasteiger partial charge in [-0.05, 0) is 23.8 Å². The second kappa shape index (κ2) is 4.03. The molecular formula is C9H5BrFN. The molecule has 3 heteroatoms. The maximum Gasteiger partial charge on any atom is 0.124 e. The molecule has 0 unspecified atom stereocenters. The first-order valence-electron chi connectivity index (χ1n) is 3.25. The van der Waals surface area contributed by atoms with E-state index in [-0.39, 0.29) is 5.82 Å². The maximum absolute atomic E-state index is 12.6. The van der Waals surface area contributed by atoms with Crippen LogP contribution in [0.5, 0.6) is 0 Å². The highest BCUT2D eigenvalue weighted by atomic mass is 79.9. The zero-order valence-electron chi connectivity index (χ0n) is 6.09. The van der Waals surface area contributed by atoms with Gasteiger partial charge >= 0.3 is 0 Å². The van der Waals surface area contributed by atoms with E-state index in [0.717, 1.165) is 5.56 Å². The molecule has 0 fully saturated rings. The molecule has 0 heterocycles. The molecule has 0 saturated heterocycles. The molecule has 1 aromatic carbocycles. The van der Waals surface area contributed by atoms with Crippen LogP contribution in [0.3, 0.4) is 0 Å². The van der Waals surface area contributed by atoms with E-state index in [2.05, 4.69) is 15.9 Å². The van der Waals surface area contributed by atoms with Crippen molar-refractivity contribution in [2.24, 2.45) is 0 Å². The number of nitrogens with zero attached hydrogens (tertiary/aromatic N) is 1. The summed E-state index contributed by atoms with van der Waals surface area (Å²) in [5, 5.41) is 8.25. The zero-order chi connectivity index (χ0) is 8.97. The van der Waals surface area contributed by atoms with Gasteiger partial charge in [-0.25, -0.2) is 4.39 Å². The Morgan fingerprint density at radius 1 is 1.50 bits per heavy atom. The Morgan fingerprint density at radius 3 is 2.83 bits per heavy atom. The van der Waals surface area contributed by atoms with Crippen LogP contribution in [0.25, 0.3) is 6.08 Å². The lowest BCUT2D eigenvalue weighted by Gasteiger charge is -1.96. The Balaban J connectivity index is 3.03. The first-order valence-corrected chi connectivity index (χ1v) is 4.04. The number of nitriles is 1. The molecule has 0 atom stereocenters. The second-order valence-electron chi connectivity index (χ2n) is 2.13. The van der Waals surface area contributed by atoms with Gasteiger partial charge in [-0.1, -0.05) is 22.0 Å². The summed E-state index contributed by atoms with van der Waals surface area (Å²) < 4.78 is 13.2. The fourth-order valence-corrected chi connectivity index (χ4v) is 1.25. The molecule has 0 N–H and O–H groups in total. The minimum atomic E-state index is -0.295. The number of hydrogen-bond donors (Lipinski definition) is 0. The molecule has 0 spiro atoms. The number of benzene rings is 1. The average molecular weight is 226 g/mol. The van der Waals surface area contributed by atoms with E-state index in [1.54, 1.807) is 12.1 Å². The fraction of sp³-hybridized carbons (Fsp3) is 0. The summed E-state index contributed by atoms with van der Waals surface area (Å²) in [4.78, 5) is 0. The molecule has 0 amide bonds. The highest BCUT2D eigenvalue weighted by Gasteiger charge is 1.96. The summed E-state index contributed by atoms with van der Waals surface area (Å²) in [6.45, 7) is 0. The van der Waals surface area contributed by atoms with E-state index in [0.29, 0.717) is 4.47 Å². The Hall–Kier alpha value is -1.14. The third-order valence-electron chi connectivity index (χ3n) is 1.30. The normalized spacial score (nSPS) is 10.1. The molecule has 1 nitrogen and oxygen atoms in total. The van der Waals surface area contributed by atoms with Gasteiger partial charge in [0.15, 0.2) is 0 Å². The third kappa shape index (κ3) is 2.18. The molecule has 0 radical (unpaired) electrons. The van der Waals surface area contributed by atoms with E-state index in [4.69, 9.17) is 5.26 Å². The highest BCUT2D eigenvalue weighted by molar-refractivity contribution is 9.10. The quantitative estimate of drug-likeness (QED) is 0.675. The molecule has 0 aromatic heterocycles. The van der Waals surface area contributed by atoms with E-state index in [1.165, 1.54) is 18.2 Å². The minimum absolute atomic E-state index is 0.295. The lowest BCUT2D eigenvalue weighted by atomic mass is 10.2. The van der Waals surface area contributed by atoms with Crippen LogP contribution in [-0.2, 0) is 0 Å². The molecular weight excluding hydrogens is 221 g/mol. The van der Waals surface area contributed by atoms with Gasteiger partial charge in [0.1, 0.15) is 5.82 Å². The van der Waals surface area contributed by atoms with Crippen LogP contribution in [0, 0.1) is 17.1 Å². The SMILES string of the molecule is N#C/C=C/c1ccc(F)cc1Br. The van der Waals surface area contributed by atoms with Crippen LogP contribution >= 0.6 is 15.9 Å². The van der Waals surface area contributed by atoms with E-state index >= 15 is 0 Å². The maximum atomic E-state index is 12.6. The largest absolute Gasteiger partial charge is 0.207 e. The topological polar surface area (TPSA) is 23.8 Å². The van der Waals surface area contributed by atoms with Crippen molar-refractivity contribution in [2.45, 2.75) is 0 Å². The number of rotatable bonds is 1. The Labute approximate surface area is 78.3 Å². The van der Waals surface area contributed by atoms with Gasteiger partial charge < -0.3 is 0 Å². The standard InChI is InChI=1S/C9H5BrFN/c10-9-6-8(11)4-3-7(9)2-1-5-12/h1-4,6H/b2-1+. The smallest absolute Gasteiger partial charge is 0.124 e. The highest BCUT2D eigenvalue weighted by Crippen LogP contribution is 2.18. The molecule has 0 aliphatic carbocycles. The summed E-state index contributed by atoms with van der Waals surface area (Å²) in [6.07, 6.45) is 2.96. The molecule has 12 heavy (non-hydrogen) atoms. The molecule has 0 aliphatic rings. The van der Waals surface area contributed by atoms with Crippen molar-refractivity contribution in [2.75, 3.05) is 0 Å². The van der Waals surface area contributed by atoms with Gasteiger partial charge in [-0.2, -0.15) is 5.26 Å². The average Bonchev–Trinajstić information content (AvgIpc) is 2.03. The second-order valence-corrected chi connectivity index (χ2v) is 2.98. The summed E-state index contributed by atoms with van der Waals surface area (Å²) in [5.41, 5.74) is 0.790. The Morgan fingerprint density at radius 2 is 2.25 bits per heavy atom. The first kappa shape index (κ1) is 8.95. The lowest BCUT2D eigenvalue weighted by Crippen LogP contribution is -1.77. The van der Waals surface area contributed by atoms with Crippen LogP contribution in [0.2, 0.25) is 0 Å². The van der Waals surface area contributed by atoms with Gasteiger partial charge in [0.05, 0.1) is 6.07 Å². The molecule has 0 saturated carbocycles. The predicted octanol–water partition coefficient (Wildman–Crippen LogP) is 3.12. The number of halogens is 2. The molecule has 1 aromatic rings.